The summed E-state index contributed by atoms with van der Waals surface area (Å²) in [6.07, 6.45) is 9.71. The van der Waals surface area contributed by atoms with Gasteiger partial charge in [0.1, 0.15) is 0 Å². The van der Waals surface area contributed by atoms with Gasteiger partial charge in [0.2, 0.25) is 5.91 Å². The molecule has 5 heteroatoms. The molecule has 154 valence electrons. The van der Waals surface area contributed by atoms with Crippen molar-refractivity contribution >= 4 is 28.9 Å². The van der Waals surface area contributed by atoms with Gasteiger partial charge in [-0.05, 0) is 68.9 Å². The number of carbonyl (C=O) groups is 1. The first-order valence-electron chi connectivity index (χ1n) is 10.9. The zero-order valence-corrected chi connectivity index (χ0v) is 18.5. The van der Waals surface area contributed by atoms with E-state index in [1.165, 1.54) is 49.7 Å². The molecule has 1 aliphatic carbocycles. The predicted octanol–water partition coefficient (Wildman–Crippen LogP) is 5.04. The van der Waals surface area contributed by atoms with Gasteiger partial charge < -0.3 is 15.1 Å². The summed E-state index contributed by atoms with van der Waals surface area (Å²) < 4.78 is 0. The van der Waals surface area contributed by atoms with Gasteiger partial charge in [-0.1, -0.05) is 37.8 Å². The Morgan fingerprint density at radius 3 is 2.25 bits per heavy atom. The number of carbonyl (C=O) groups excluding carboxylic acids is 1. The van der Waals surface area contributed by atoms with Crippen molar-refractivity contribution in [2.24, 2.45) is 0 Å². The summed E-state index contributed by atoms with van der Waals surface area (Å²) in [5, 5.41) is 4.44. The molecule has 0 unspecified atom stereocenters. The van der Waals surface area contributed by atoms with Crippen LogP contribution in [-0.2, 0) is 4.79 Å². The highest BCUT2D eigenvalue weighted by Gasteiger charge is 2.32. The Balaban J connectivity index is 1.78. The van der Waals surface area contributed by atoms with Crippen LogP contribution in [0.15, 0.2) is 18.2 Å². The van der Waals surface area contributed by atoms with Gasteiger partial charge in [0.15, 0.2) is 5.11 Å². The molecule has 0 atom stereocenters. The van der Waals surface area contributed by atoms with Crippen LogP contribution < -0.4 is 5.32 Å². The van der Waals surface area contributed by atoms with Crippen LogP contribution in [0.25, 0.3) is 0 Å². The zero-order chi connectivity index (χ0) is 20.1. The van der Waals surface area contributed by atoms with E-state index in [1.807, 2.05) is 4.90 Å². The number of hydrogen-bond acceptors (Lipinski definition) is 2. The molecule has 1 aromatic rings. The average molecular weight is 402 g/mol. The maximum atomic E-state index is 11.7. The third-order valence-corrected chi connectivity index (χ3v) is 6.70. The van der Waals surface area contributed by atoms with Crippen molar-refractivity contribution in [3.63, 3.8) is 0 Å². The number of hydrogen-bond donors (Lipinski definition) is 1. The van der Waals surface area contributed by atoms with Gasteiger partial charge in [-0.3, -0.25) is 4.79 Å². The maximum Gasteiger partial charge on any atom is 0.219 e. The number of aryl methyl sites for hydroxylation is 2. The van der Waals surface area contributed by atoms with Crippen molar-refractivity contribution in [3.8, 4) is 0 Å². The first kappa shape index (κ1) is 21.1. The van der Waals surface area contributed by atoms with E-state index in [1.54, 1.807) is 6.92 Å². The molecule has 0 bridgehead atoms. The molecule has 1 saturated heterocycles. The van der Waals surface area contributed by atoms with E-state index in [0.29, 0.717) is 12.1 Å². The third kappa shape index (κ3) is 5.25. The Morgan fingerprint density at radius 1 is 1.04 bits per heavy atom. The molecule has 0 spiro atoms. The SMILES string of the molecule is CC(=O)N1CCC(N(C(=S)Nc2cc(C)ccc2C)C2CCCCCC2)CC1. The number of nitrogens with one attached hydrogen (secondary N) is 1. The number of likely N-dealkylation sites (tertiary alicyclic amines) is 1. The molecular formula is C23H35N3OS. The van der Waals surface area contributed by atoms with E-state index in [2.05, 4.69) is 42.3 Å². The molecule has 28 heavy (non-hydrogen) atoms. The fourth-order valence-electron chi connectivity index (χ4n) is 4.67. The van der Waals surface area contributed by atoms with E-state index < -0.39 is 0 Å². The molecule has 1 amide bonds. The molecule has 3 rings (SSSR count). The summed E-state index contributed by atoms with van der Waals surface area (Å²) in [5.41, 5.74) is 3.58. The average Bonchev–Trinajstić information content (AvgIpc) is 2.95. The Kier molecular flexibility index (Phi) is 7.33. The zero-order valence-electron chi connectivity index (χ0n) is 17.7. The molecule has 0 radical (unpaired) electrons. The maximum absolute atomic E-state index is 11.7. The number of benzene rings is 1. The molecule has 2 aliphatic rings. The van der Waals surface area contributed by atoms with Crippen LogP contribution in [-0.4, -0.2) is 46.0 Å². The molecule has 1 heterocycles. The molecule has 2 fully saturated rings. The van der Waals surface area contributed by atoms with Crippen molar-refractivity contribution in [2.75, 3.05) is 18.4 Å². The Labute approximate surface area is 175 Å². The summed E-state index contributed by atoms with van der Waals surface area (Å²) in [4.78, 5) is 16.2. The number of piperidine rings is 1. The standard InChI is InChI=1S/C23H35N3OS/c1-17-10-11-18(2)22(16-17)24-23(28)26(20-8-6-4-5-7-9-20)21-12-14-25(15-13-21)19(3)27/h10-11,16,20-21H,4-9,12-15H2,1-3H3,(H,24,28). The van der Waals surface area contributed by atoms with Crippen LogP contribution in [0.1, 0.15) is 69.4 Å². The lowest BCUT2D eigenvalue weighted by Gasteiger charge is -2.44. The highest BCUT2D eigenvalue weighted by molar-refractivity contribution is 7.80. The van der Waals surface area contributed by atoms with Crippen molar-refractivity contribution in [1.29, 1.82) is 0 Å². The van der Waals surface area contributed by atoms with Gasteiger partial charge in [-0.2, -0.15) is 0 Å². The molecule has 4 nitrogen and oxygen atoms in total. The number of rotatable bonds is 3. The van der Waals surface area contributed by atoms with E-state index in [9.17, 15) is 4.79 Å². The van der Waals surface area contributed by atoms with Gasteiger partial charge in [-0.15, -0.1) is 0 Å². The summed E-state index contributed by atoms with van der Waals surface area (Å²) in [7, 11) is 0. The first-order chi connectivity index (χ1) is 13.5. The summed E-state index contributed by atoms with van der Waals surface area (Å²) >= 11 is 5.98. The van der Waals surface area contributed by atoms with Gasteiger partial charge in [0, 0.05) is 37.8 Å². The summed E-state index contributed by atoms with van der Waals surface area (Å²) in [6.45, 7) is 7.61. The molecule has 1 saturated carbocycles. The Morgan fingerprint density at radius 2 is 1.64 bits per heavy atom. The second-order valence-corrected chi connectivity index (χ2v) is 8.93. The molecule has 0 aromatic heterocycles. The minimum atomic E-state index is 0.190. The van der Waals surface area contributed by atoms with Gasteiger partial charge in [-0.25, -0.2) is 0 Å². The second-order valence-electron chi connectivity index (χ2n) is 8.54. The Hall–Kier alpha value is -1.62. The van der Waals surface area contributed by atoms with E-state index in [-0.39, 0.29) is 5.91 Å². The Bertz CT molecular complexity index is 689. The van der Waals surface area contributed by atoms with Gasteiger partial charge >= 0.3 is 0 Å². The summed E-state index contributed by atoms with van der Waals surface area (Å²) in [5.74, 6) is 0.190. The molecule has 1 aromatic carbocycles. The first-order valence-corrected chi connectivity index (χ1v) is 11.3. The van der Waals surface area contributed by atoms with E-state index in [0.717, 1.165) is 36.7 Å². The lowest BCUT2D eigenvalue weighted by atomic mass is 9.98. The van der Waals surface area contributed by atoms with Crippen molar-refractivity contribution in [1.82, 2.24) is 9.80 Å². The number of amides is 1. The van der Waals surface area contributed by atoms with Crippen molar-refractivity contribution in [2.45, 2.75) is 84.2 Å². The smallest absolute Gasteiger partial charge is 0.219 e. The number of thiocarbonyl (C=S) groups is 1. The van der Waals surface area contributed by atoms with Crippen LogP contribution in [0.2, 0.25) is 0 Å². The van der Waals surface area contributed by atoms with Crippen molar-refractivity contribution < 1.29 is 4.79 Å². The van der Waals surface area contributed by atoms with Crippen LogP contribution >= 0.6 is 12.2 Å². The monoisotopic (exact) mass is 401 g/mol. The molecule has 1 aliphatic heterocycles. The minimum Gasteiger partial charge on any atom is -0.343 e. The van der Waals surface area contributed by atoms with Crippen LogP contribution in [0.4, 0.5) is 5.69 Å². The van der Waals surface area contributed by atoms with Crippen LogP contribution in [0.3, 0.4) is 0 Å². The highest BCUT2D eigenvalue weighted by atomic mass is 32.1. The third-order valence-electron chi connectivity index (χ3n) is 6.39. The number of anilines is 1. The minimum absolute atomic E-state index is 0.190. The topological polar surface area (TPSA) is 35.6 Å². The van der Waals surface area contributed by atoms with Crippen LogP contribution in [0.5, 0.6) is 0 Å². The fraction of sp³-hybridized carbons (Fsp3) is 0.652. The number of nitrogens with zero attached hydrogens (tertiary/aromatic N) is 2. The van der Waals surface area contributed by atoms with E-state index in [4.69, 9.17) is 12.2 Å². The molecular weight excluding hydrogens is 366 g/mol. The van der Waals surface area contributed by atoms with Gasteiger partial charge in [0.05, 0.1) is 0 Å². The summed E-state index contributed by atoms with van der Waals surface area (Å²) in [6, 6.07) is 7.42. The largest absolute Gasteiger partial charge is 0.343 e. The van der Waals surface area contributed by atoms with Crippen molar-refractivity contribution in [3.05, 3.63) is 29.3 Å². The lowest BCUT2D eigenvalue weighted by Crippen LogP contribution is -2.53. The normalized spacial score (nSPS) is 19.2. The van der Waals surface area contributed by atoms with Crippen LogP contribution in [0, 0.1) is 13.8 Å². The second kappa shape index (κ2) is 9.73. The molecule has 1 N–H and O–H groups in total. The fourth-order valence-corrected chi connectivity index (χ4v) is 5.08. The van der Waals surface area contributed by atoms with Gasteiger partial charge in [0.25, 0.3) is 0 Å². The highest BCUT2D eigenvalue weighted by Crippen LogP contribution is 2.29. The quantitative estimate of drug-likeness (QED) is 0.569. The lowest BCUT2D eigenvalue weighted by molar-refractivity contribution is -0.130. The van der Waals surface area contributed by atoms with E-state index >= 15 is 0 Å². The predicted molar refractivity (Wildman–Crippen MR) is 121 cm³/mol.